The monoisotopic (exact) mass is 714 g/mol. The Morgan fingerprint density at radius 3 is 2.70 bits per heavy atom. The zero-order chi connectivity index (χ0) is 35.8. The lowest BCUT2D eigenvalue weighted by Gasteiger charge is -2.27. The minimum atomic E-state index is -4.54. The Morgan fingerprint density at radius 1 is 1.18 bits per heavy atom. The molecule has 0 spiro atoms. The lowest BCUT2D eigenvalue weighted by atomic mass is 9.96. The first-order valence-electron chi connectivity index (χ1n) is 15.2. The molecule has 5 aromatic rings. The van der Waals surface area contributed by atoms with E-state index in [0.29, 0.717) is 11.5 Å². The van der Waals surface area contributed by atoms with Crippen LogP contribution in [0.4, 0.5) is 14.7 Å². The van der Waals surface area contributed by atoms with E-state index in [4.69, 9.17) is 29.0 Å². The number of nitrogen functional groups attached to an aromatic ring is 1. The number of ether oxygens (including phenoxy) is 3. The predicted molar refractivity (Wildman–Crippen MR) is 174 cm³/mol. The molecule has 3 unspecified atom stereocenters. The van der Waals surface area contributed by atoms with Gasteiger partial charge >= 0.3 is 13.7 Å². The number of carbonyl (C=O) groups excluding carboxylic acids is 1. The van der Waals surface area contributed by atoms with Gasteiger partial charge in [-0.25, -0.2) is 18.3 Å². The number of halogens is 2. The molecule has 18 heteroatoms. The summed E-state index contributed by atoms with van der Waals surface area (Å²) in [6, 6.07) is 13.6. The molecule has 0 radical (unpaired) electrons. The third-order valence-corrected chi connectivity index (χ3v) is 9.70. The largest absolute Gasteiger partial charge is 0.479 e. The third-order valence-electron chi connectivity index (χ3n) is 8.07. The van der Waals surface area contributed by atoms with Gasteiger partial charge < -0.3 is 34.7 Å². The SMILES string of the molecule is COc1nc(N)nc2c1ncn2C1OC(COP(=O)(N[C@@H](C)C(=O)OCc2ccc(F)cc2F)Oc2cccc3ccccc23)[C@@H](O)[C@@]1(C)O. The minimum Gasteiger partial charge on any atom is -0.479 e. The maximum atomic E-state index is 14.4. The Hall–Kier alpha value is -4.77. The molecule has 3 heterocycles. The maximum Gasteiger partial charge on any atom is 0.459 e. The molecule has 0 saturated carbocycles. The van der Waals surface area contributed by atoms with Crippen molar-refractivity contribution in [2.45, 2.75) is 50.5 Å². The maximum absolute atomic E-state index is 14.4. The molecule has 5 N–H and O–H groups in total. The summed E-state index contributed by atoms with van der Waals surface area (Å²) in [6.07, 6.45) is -2.90. The van der Waals surface area contributed by atoms with E-state index in [-0.39, 0.29) is 34.3 Å². The van der Waals surface area contributed by atoms with E-state index in [9.17, 15) is 28.4 Å². The Kier molecular flexibility index (Phi) is 9.72. The standard InChI is InChI=1S/C32H33F2N6O9P/c1-17(29(42)46-14-19-11-12-20(33)13-22(19)34)39-50(44,49-23-10-6-8-18-7-4-5-9-21(18)23)47-15-24-26(41)32(2,43)30(48-24)40-16-36-25-27(40)37-31(35)38-28(25)45-3/h4-13,16-17,24,26,30,41,43H,14-15H2,1-3H3,(H,39,44)(H2,35,37,38)/t17-,24?,26+,30?,32+,50?/m0/s1. The van der Waals surface area contributed by atoms with Crippen molar-refractivity contribution in [1.29, 1.82) is 0 Å². The summed E-state index contributed by atoms with van der Waals surface area (Å²) < 4.78 is 71.3. The molecule has 1 saturated heterocycles. The van der Waals surface area contributed by atoms with E-state index in [1.54, 1.807) is 24.3 Å². The first-order chi connectivity index (χ1) is 23.8. The minimum absolute atomic E-state index is 0.0781. The average Bonchev–Trinajstić information content (AvgIpc) is 3.59. The van der Waals surface area contributed by atoms with Crippen molar-refractivity contribution >= 4 is 41.6 Å². The lowest BCUT2D eigenvalue weighted by Crippen LogP contribution is -2.44. The zero-order valence-electron chi connectivity index (χ0n) is 26.9. The van der Waals surface area contributed by atoms with Crippen LogP contribution in [0.3, 0.4) is 0 Å². The number of rotatable bonds is 12. The van der Waals surface area contributed by atoms with Crippen LogP contribution < -0.4 is 20.1 Å². The molecule has 3 aromatic carbocycles. The van der Waals surface area contributed by atoms with Gasteiger partial charge in [-0.3, -0.25) is 13.9 Å². The van der Waals surface area contributed by atoms with Crippen LogP contribution in [-0.4, -0.2) is 73.3 Å². The van der Waals surface area contributed by atoms with E-state index < -0.39 is 68.6 Å². The number of esters is 1. The van der Waals surface area contributed by atoms with Gasteiger partial charge in [-0.05, 0) is 37.4 Å². The summed E-state index contributed by atoms with van der Waals surface area (Å²) in [5, 5.41) is 26.4. The van der Waals surface area contributed by atoms with Gasteiger partial charge in [-0.2, -0.15) is 15.1 Å². The zero-order valence-corrected chi connectivity index (χ0v) is 27.8. The van der Waals surface area contributed by atoms with E-state index in [0.717, 1.165) is 17.5 Å². The van der Waals surface area contributed by atoms with Gasteiger partial charge in [0.05, 0.1) is 20.0 Å². The lowest BCUT2D eigenvalue weighted by molar-refractivity contribution is -0.146. The number of nitrogens with one attached hydrogen (secondary N) is 1. The van der Waals surface area contributed by atoms with E-state index >= 15 is 0 Å². The normalized spacial score (nSPS) is 22.3. The van der Waals surface area contributed by atoms with Crippen molar-refractivity contribution in [3.8, 4) is 11.6 Å². The highest BCUT2D eigenvalue weighted by atomic mass is 31.2. The molecular weight excluding hydrogens is 681 g/mol. The number of benzene rings is 3. The molecule has 6 atom stereocenters. The van der Waals surface area contributed by atoms with Crippen molar-refractivity contribution in [1.82, 2.24) is 24.6 Å². The number of anilines is 1. The third kappa shape index (κ3) is 6.96. The summed E-state index contributed by atoms with van der Waals surface area (Å²) in [4.78, 5) is 25.3. The topological polar surface area (TPSA) is 202 Å². The highest BCUT2D eigenvalue weighted by Gasteiger charge is 2.54. The average molecular weight is 715 g/mol. The number of imidazole rings is 1. The number of hydrogen-bond acceptors (Lipinski definition) is 13. The van der Waals surface area contributed by atoms with E-state index in [1.807, 2.05) is 18.2 Å². The number of aromatic nitrogens is 4. The fourth-order valence-corrected chi connectivity index (χ4v) is 6.99. The van der Waals surface area contributed by atoms with Crippen LogP contribution in [0.15, 0.2) is 67.0 Å². The van der Waals surface area contributed by atoms with Crippen molar-refractivity contribution in [2.24, 2.45) is 0 Å². The quantitative estimate of drug-likeness (QED) is 0.107. The number of methoxy groups -OCH3 is 1. The Labute approximate surface area is 283 Å². The molecule has 50 heavy (non-hydrogen) atoms. The summed E-state index contributed by atoms with van der Waals surface area (Å²) in [6.45, 7) is 1.50. The van der Waals surface area contributed by atoms with Crippen LogP contribution >= 0.6 is 7.75 Å². The van der Waals surface area contributed by atoms with Crippen molar-refractivity contribution in [3.05, 3.63) is 84.2 Å². The molecule has 0 aliphatic carbocycles. The highest BCUT2D eigenvalue weighted by Crippen LogP contribution is 2.48. The van der Waals surface area contributed by atoms with Gasteiger partial charge in [0.25, 0.3) is 0 Å². The Morgan fingerprint density at radius 2 is 1.94 bits per heavy atom. The Bertz CT molecular complexity index is 2100. The number of fused-ring (bicyclic) bond motifs is 2. The molecule has 0 amide bonds. The fraction of sp³-hybridized carbons (Fsp3) is 0.312. The first kappa shape index (κ1) is 35.1. The van der Waals surface area contributed by atoms with Gasteiger partial charge in [0, 0.05) is 17.0 Å². The molecule has 2 aromatic heterocycles. The number of aliphatic hydroxyl groups excluding tert-OH is 1. The van der Waals surface area contributed by atoms with Gasteiger partial charge in [0.1, 0.15) is 47.8 Å². The first-order valence-corrected chi connectivity index (χ1v) is 16.7. The van der Waals surface area contributed by atoms with Crippen LogP contribution in [0.1, 0.15) is 25.6 Å². The van der Waals surface area contributed by atoms with Crippen LogP contribution in [0.5, 0.6) is 11.6 Å². The fourth-order valence-electron chi connectivity index (χ4n) is 5.47. The van der Waals surface area contributed by atoms with Crippen molar-refractivity contribution in [3.63, 3.8) is 0 Å². The summed E-state index contributed by atoms with van der Waals surface area (Å²) >= 11 is 0. The number of nitrogens with zero attached hydrogens (tertiary/aromatic N) is 4. The van der Waals surface area contributed by atoms with Gasteiger partial charge in [0.2, 0.25) is 11.8 Å². The number of carbonyl (C=O) groups is 1. The molecule has 1 aliphatic rings. The molecule has 264 valence electrons. The summed E-state index contributed by atoms with van der Waals surface area (Å²) in [5.74, 6) is -2.57. The predicted octanol–water partition coefficient (Wildman–Crippen LogP) is 3.78. The Balaban J connectivity index is 1.23. The molecule has 15 nitrogen and oxygen atoms in total. The van der Waals surface area contributed by atoms with Crippen LogP contribution in [0.2, 0.25) is 0 Å². The molecule has 1 fully saturated rings. The van der Waals surface area contributed by atoms with E-state index in [1.165, 1.54) is 31.9 Å². The highest BCUT2D eigenvalue weighted by molar-refractivity contribution is 7.52. The smallest absolute Gasteiger partial charge is 0.459 e. The number of aliphatic hydroxyl groups is 2. The van der Waals surface area contributed by atoms with Crippen LogP contribution in [-0.2, 0) is 30.0 Å². The second-order valence-electron chi connectivity index (χ2n) is 11.7. The van der Waals surface area contributed by atoms with E-state index in [2.05, 4.69) is 20.0 Å². The van der Waals surface area contributed by atoms with Gasteiger partial charge in [-0.1, -0.05) is 36.4 Å². The number of nitrogens with two attached hydrogens (primary N) is 1. The summed E-state index contributed by atoms with van der Waals surface area (Å²) in [7, 11) is -3.17. The second-order valence-corrected chi connectivity index (χ2v) is 13.4. The molecule has 1 aliphatic heterocycles. The van der Waals surface area contributed by atoms with Crippen molar-refractivity contribution in [2.75, 3.05) is 19.5 Å². The second kappa shape index (κ2) is 13.9. The summed E-state index contributed by atoms with van der Waals surface area (Å²) in [5.41, 5.74) is 4.16. The van der Waals surface area contributed by atoms with Gasteiger partial charge in [-0.15, -0.1) is 0 Å². The molecule has 6 rings (SSSR count). The molecule has 0 bridgehead atoms. The van der Waals surface area contributed by atoms with Crippen LogP contribution in [0.25, 0.3) is 21.9 Å². The molecular formula is C32H33F2N6O9P. The van der Waals surface area contributed by atoms with Gasteiger partial charge in [0.15, 0.2) is 17.4 Å². The van der Waals surface area contributed by atoms with Crippen LogP contribution in [0, 0.1) is 11.6 Å². The van der Waals surface area contributed by atoms with Crippen molar-refractivity contribution < 1.29 is 51.6 Å². The number of hydrogen-bond donors (Lipinski definition) is 4.